The van der Waals surface area contributed by atoms with Crippen LogP contribution in [0.5, 0.6) is 5.75 Å². The van der Waals surface area contributed by atoms with Gasteiger partial charge >= 0.3 is 0 Å². The Balaban J connectivity index is 1.59. The van der Waals surface area contributed by atoms with Crippen molar-refractivity contribution in [3.63, 3.8) is 0 Å². The SMILES string of the molecule is COc1ccc2cc([C@@H]3Nc4ccccc4C(=O)N3C3CC3)ccc2c1. The molecule has 0 aromatic heterocycles. The highest BCUT2D eigenvalue weighted by Crippen LogP contribution is 2.41. The molecule has 4 heteroatoms. The molecule has 0 unspecified atom stereocenters. The topological polar surface area (TPSA) is 41.6 Å². The number of amides is 1. The molecular weight excluding hydrogens is 324 g/mol. The van der Waals surface area contributed by atoms with Crippen LogP contribution in [0, 0.1) is 0 Å². The van der Waals surface area contributed by atoms with Crippen LogP contribution in [-0.4, -0.2) is 24.0 Å². The van der Waals surface area contributed by atoms with E-state index in [0.717, 1.165) is 46.2 Å². The van der Waals surface area contributed by atoms with E-state index in [1.807, 2.05) is 41.3 Å². The third kappa shape index (κ3) is 2.41. The van der Waals surface area contributed by atoms with Crippen LogP contribution < -0.4 is 10.1 Å². The van der Waals surface area contributed by atoms with Gasteiger partial charge in [0.05, 0.1) is 12.7 Å². The van der Waals surface area contributed by atoms with E-state index < -0.39 is 0 Å². The normalized spacial score (nSPS) is 19.2. The molecule has 26 heavy (non-hydrogen) atoms. The van der Waals surface area contributed by atoms with E-state index in [0.29, 0.717) is 6.04 Å². The molecule has 3 aromatic rings. The Kier molecular flexibility index (Phi) is 3.38. The highest BCUT2D eigenvalue weighted by molar-refractivity contribution is 6.02. The summed E-state index contributed by atoms with van der Waals surface area (Å²) in [5, 5.41) is 5.86. The molecule has 1 atom stereocenters. The zero-order valence-corrected chi connectivity index (χ0v) is 14.6. The number of anilines is 1. The Morgan fingerprint density at radius 1 is 1.00 bits per heavy atom. The van der Waals surface area contributed by atoms with Crippen molar-refractivity contribution in [1.29, 1.82) is 0 Å². The Bertz CT molecular complexity index is 1010. The maximum atomic E-state index is 13.1. The molecule has 1 N–H and O–H groups in total. The number of nitrogens with zero attached hydrogens (tertiary/aromatic N) is 1. The number of fused-ring (bicyclic) bond motifs is 2. The van der Waals surface area contributed by atoms with E-state index in [1.165, 1.54) is 0 Å². The first-order chi connectivity index (χ1) is 12.7. The number of para-hydroxylation sites is 1. The minimum Gasteiger partial charge on any atom is -0.497 e. The van der Waals surface area contributed by atoms with Crippen molar-refractivity contribution in [3.05, 3.63) is 71.8 Å². The van der Waals surface area contributed by atoms with Crippen molar-refractivity contribution >= 4 is 22.4 Å². The summed E-state index contributed by atoms with van der Waals surface area (Å²) >= 11 is 0. The van der Waals surface area contributed by atoms with Gasteiger partial charge in [-0.3, -0.25) is 4.79 Å². The van der Waals surface area contributed by atoms with Crippen LogP contribution in [-0.2, 0) is 0 Å². The molecule has 1 saturated carbocycles. The van der Waals surface area contributed by atoms with E-state index in [-0.39, 0.29) is 12.1 Å². The number of hydrogen-bond donors (Lipinski definition) is 1. The van der Waals surface area contributed by atoms with Gasteiger partial charge in [-0.2, -0.15) is 0 Å². The van der Waals surface area contributed by atoms with Gasteiger partial charge < -0.3 is 15.0 Å². The second-order valence-corrected chi connectivity index (χ2v) is 7.01. The molecule has 1 heterocycles. The van der Waals surface area contributed by atoms with Gasteiger partial charge in [0.25, 0.3) is 5.91 Å². The van der Waals surface area contributed by atoms with Gasteiger partial charge in [0, 0.05) is 11.7 Å². The highest BCUT2D eigenvalue weighted by atomic mass is 16.5. The summed E-state index contributed by atoms with van der Waals surface area (Å²) in [6.07, 6.45) is 2.03. The van der Waals surface area contributed by atoms with Crippen LogP contribution in [0.4, 0.5) is 5.69 Å². The number of ether oxygens (including phenoxy) is 1. The second kappa shape index (κ2) is 5.77. The third-order valence-electron chi connectivity index (χ3n) is 5.29. The first-order valence-electron chi connectivity index (χ1n) is 9.00. The van der Waals surface area contributed by atoms with Crippen molar-refractivity contribution < 1.29 is 9.53 Å². The first kappa shape index (κ1) is 15.3. The number of nitrogens with one attached hydrogen (secondary N) is 1. The van der Waals surface area contributed by atoms with Gasteiger partial charge in [0.2, 0.25) is 0 Å². The maximum absolute atomic E-state index is 13.1. The van der Waals surface area contributed by atoms with Crippen LogP contribution in [0.15, 0.2) is 60.7 Å². The minimum atomic E-state index is -0.128. The van der Waals surface area contributed by atoms with E-state index in [9.17, 15) is 4.79 Å². The maximum Gasteiger partial charge on any atom is 0.258 e. The number of rotatable bonds is 3. The molecule has 3 aromatic carbocycles. The van der Waals surface area contributed by atoms with Gasteiger partial charge in [-0.25, -0.2) is 0 Å². The van der Waals surface area contributed by atoms with Gasteiger partial charge in [0.15, 0.2) is 0 Å². The van der Waals surface area contributed by atoms with Crippen molar-refractivity contribution in [3.8, 4) is 5.75 Å². The van der Waals surface area contributed by atoms with Crippen LogP contribution in [0.2, 0.25) is 0 Å². The number of carbonyl (C=O) groups is 1. The van der Waals surface area contributed by atoms with E-state index >= 15 is 0 Å². The summed E-state index contributed by atoms with van der Waals surface area (Å²) in [5.74, 6) is 0.978. The molecule has 0 radical (unpaired) electrons. The lowest BCUT2D eigenvalue weighted by molar-refractivity contribution is 0.0666. The summed E-state index contributed by atoms with van der Waals surface area (Å²) in [6.45, 7) is 0. The molecule has 1 amide bonds. The van der Waals surface area contributed by atoms with Crippen LogP contribution in [0.3, 0.4) is 0 Å². The predicted molar refractivity (Wildman–Crippen MR) is 102 cm³/mol. The molecule has 0 saturated heterocycles. The van der Waals surface area contributed by atoms with Crippen LogP contribution >= 0.6 is 0 Å². The van der Waals surface area contributed by atoms with Crippen molar-refractivity contribution in [1.82, 2.24) is 4.90 Å². The zero-order chi connectivity index (χ0) is 17.7. The fraction of sp³-hybridized carbons (Fsp3) is 0.227. The summed E-state index contributed by atoms with van der Waals surface area (Å²) in [5.41, 5.74) is 2.79. The lowest BCUT2D eigenvalue weighted by Gasteiger charge is -2.38. The second-order valence-electron chi connectivity index (χ2n) is 7.01. The van der Waals surface area contributed by atoms with E-state index in [1.54, 1.807) is 7.11 Å². The smallest absolute Gasteiger partial charge is 0.258 e. The molecule has 1 aliphatic heterocycles. The Labute approximate surface area is 152 Å². The monoisotopic (exact) mass is 344 g/mol. The van der Waals surface area contributed by atoms with Gasteiger partial charge in [-0.05, 0) is 59.5 Å². The van der Waals surface area contributed by atoms with Crippen molar-refractivity contribution in [2.45, 2.75) is 25.0 Å². The average molecular weight is 344 g/mol. The zero-order valence-electron chi connectivity index (χ0n) is 14.6. The molecule has 130 valence electrons. The molecule has 1 aliphatic carbocycles. The third-order valence-corrected chi connectivity index (χ3v) is 5.29. The quantitative estimate of drug-likeness (QED) is 0.756. The Hall–Kier alpha value is -3.01. The summed E-state index contributed by atoms with van der Waals surface area (Å²) in [7, 11) is 1.68. The standard InChI is InChI=1S/C22H20N2O2/c1-26-18-11-8-14-12-16(7-6-15(14)13-18)21-23-20-5-3-2-4-19(20)22(25)24(21)17-9-10-17/h2-8,11-13,17,21,23H,9-10H2,1H3/t21-/m1/s1. The molecule has 0 spiro atoms. The average Bonchev–Trinajstić information content (AvgIpc) is 3.52. The minimum absolute atomic E-state index is 0.127. The van der Waals surface area contributed by atoms with E-state index in [4.69, 9.17) is 4.74 Å². The van der Waals surface area contributed by atoms with Crippen LogP contribution in [0.25, 0.3) is 10.8 Å². The number of benzene rings is 3. The van der Waals surface area contributed by atoms with Crippen molar-refractivity contribution in [2.24, 2.45) is 0 Å². The molecule has 5 rings (SSSR count). The number of hydrogen-bond acceptors (Lipinski definition) is 3. The number of methoxy groups -OCH3 is 1. The first-order valence-corrected chi connectivity index (χ1v) is 9.00. The highest BCUT2D eigenvalue weighted by Gasteiger charge is 2.41. The molecule has 1 fully saturated rings. The largest absolute Gasteiger partial charge is 0.497 e. The van der Waals surface area contributed by atoms with Gasteiger partial charge in [-0.15, -0.1) is 0 Å². The number of carbonyl (C=O) groups excluding carboxylic acids is 1. The van der Waals surface area contributed by atoms with E-state index in [2.05, 4.69) is 29.6 Å². The summed E-state index contributed by atoms with van der Waals surface area (Å²) in [4.78, 5) is 15.1. The fourth-order valence-corrected chi connectivity index (χ4v) is 3.78. The molecule has 2 aliphatic rings. The Morgan fingerprint density at radius 3 is 2.58 bits per heavy atom. The lowest BCUT2D eigenvalue weighted by Crippen LogP contribution is -2.44. The molecule has 0 bridgehead atoms. The predicted octanol–water partition coefficient (Wildman–Crippen LogP) is 4.58. The van der Waals surface area contributed by atoms with Gasteiger partial charge in [0.1, 0.15) is 11.9 Å². The fourth-order valence-electron chi connectivity index (χ4n) is 3.78. The lowest BCUT2D eigenvalue weighted by atomic mass is 10.0. The molecular formula is C22H20N2O2. The van der Waals surface area contributed by atoms with Gasteiger partial charge in [-0.1, -0.05) is 30.3 Å². The van der Waals surface area contributed by atoms with Crippen molar-refractivity contribution in [2.75, 3.05) is 12.4 Å². The van der Waals surface area contributed by atoms with Crippen LogP contribution in [0.1, 0.15) is 34.9 Å². The Morgan fingerprint density at radius 2 is 1.77 bits per heavy atom. The molecule has 4 nitrogen and oxygen atoms in total. The summed E-state index contributed by atoms with van der Waals surface area (Å²) < 4.78 is 5.31. The summed E-state index contributed by atoms with van der Waals surface area (Å²) in [6, 6.07) is 20.6.